The Labute approximate surface area is 128 Å². The molecule has 0 aliphatic carbocycles. The van der Waals surface area contributed by atoms with Crippen molar-refractivity contribution >= 4 is 22.9 Å². The van der Waals surface area contributed by atoms with Crippen molar-refractivity contribution in [1.29, 1.82) is 0 Å². The standard InChI is InChI=1S/C16H18ClNOS/c1-2-13-3-4-15(20-13)14(18)9-11-8-12(17)7-10-5-6-19-16(10)11/h3-4,7-8,14H,2,5-6,9,18H2,1H3. The van der Waals surface area contributed by atoms with E-state index in [0.29, 0.717) is 0 Å². The molecule has 2 aromatic rings. The Bertz CT molecular complexity index is 623. The number of nitrogens with two attached hydrogens (primary N) is 1. The highest BCUT2D eigenvalue weighted by molar-refractivity contribution is 7.12. The summed E-state index contributed by atoms with van der Waals surface area (Å²) in [5, 5.41) is 0.775. The molecule has 20 heavy (non-hydrogen) atoms. The van der Waals surface area contributed by atoms with Gasteiger partial charge in [0, 0.05) is 27.2 Å². The van der Waals surface area contributed by atoms with Crippen molar-refractivity contribution in [2.45, 2.75) is 32.2 Å². The summed E-state index contributed by atoms with van der Waals surface area (Å²) in [4.78, 5) is 2.61. The third-order valence-corrected chi connectivity index (χ3v) is 5.24. The predicted molar refractivity (Wildman–Crippen MR) is 85.0 cm³/mol. The average Bonchev–Trinajstić information content (AvgIpc) is 3.06. The number of halogens is 1. The largest absolute Gasteiger partial charge is 0.493 e. The molecule has 3 rings (SSSR count). The summed E-state index contributed by atoms with van der Waals surface area (Å²) in [7, 11) is 0. The molecule has 0 saturated heterocycles. The van der Waals surface area contributed by atoms with E-state index in [2.05, 4.69) is 19.1 Å². The van der Waals surface area contributed by atoms with Gasteiger partial charge >= 0.3 is 0 Å². The Morgan fingerprint density at radius 1 is 1.40 bits per heavy atom. The van der Waals surface area contributed by atoms with Crippen LogP contribution in [0.3, 0.4) is 0 Å². The number of aryl methyl sites for hydroxylation is 1. The van der Waals surface area contributed by atoms with Gasteiger partial charge in [-0.05, 0) is 48.2 Å². The van der Waals surface area contributed by atoms with Gasteiger partial charge in [-0.1, -0.05) is 18.5 Å². The van der Waals surface area contributed by atoms with Crippen LogP contribution in [0, 0.1) is 0 Å². The zero-order valence-corrected chi connectivity index (χ0v) is 13.1. The molecule has 0 bridgehead atoms. The number of rotatable bonds is 4. The molecule has 1 aliphatic heterocycles. The first-order chi connectivity index (χ1) is 9.67. The van der Waals surface area contributed by atoms with Crippen LogP contribution in [-0.2, 0) is 19.3 Å². The third-order valence-electron chi connectivity index (χ3n) is 3.66. The minimum atomic E-state index is 0.00654. The zero-order valence-electron chi connectivity index (χ0n) is 11.5. The number of fused-ring (bicyclic) bond motifs is 1. The van der Waals surface area contributed by atoms with Gasteiger partial charge in [-0.15, -0.1) is 11.3 Å². The van der Waals surface area contributed by atoms with E-state index >= 15 is 0 Å². The lowest BCUT2D eigenvalue weighted by atomic mass is 10.0. The van der Waals surface area contributed by atoms with E-state index in [9.17, 15) is 0 Å². The van der Waals surface area contributed by atoms with Gasteiger partial charge in [0.2, 0.25) is 0 Å². The molecule has 2 N–H and O–H groups in total. The summed E-state index contributed by atoms with van der Waals surface area (Å²) in [5.74, 6) is 0.997. The molecule has 0 amide bonds. The van der Waals surface area contributed by atoms with Crippen molar-refractivity contribution in [3.05, 3.63) is 50.2 Å². The van der Waals surface area contributed by atoms with Crippen molar-refractivity contribution in [3.63, 3.8) is 0 Å². The monoisotopic (exact) mass is 307 g/mol. The molecule has 0 spiro atoms. The van der Waals surface area contributed by atoms with Crippen LogP contribution < -0.4 is 10.5 Å². The van der Waals surface area contributed by atoms with Gasteiger partial charge in [0.25, 0.3) is 0 Å². The highest BCUT2D eigenvalue weighted by Crippen LogP contribution is 2.35. The molecule has 0 saturated carbocycles. The molecule has 4 heteroatoms. The Morgan fingerprint density at radius 3 is 3.00 bits per heavy atom. The fourth-order valence-corrected chi connectivity index (χ4v) is 3.84. The second-order valence-electron chi connectivity index (χ2n) is 5.12. The van der Waals surface area contributed by atoms with Gasteiger partial charge in [-0.25, -0.2) is 0 Å². The van der Waals surface area contributed by atoms with Crippen LogP contribution in [-0.4, -0.2) is 6.61 Å². The maximum atomic E-state index is 6.35. The molecular formula is C16H18ClNOS. The number of benzene rings is 1. The van der Waals surface area contributed by atoms with Crippen molar-refractivity contribution in [1.82, 2.24) is 0 Å². The van der Waals surface area contributed by atoms with E-state index < -0.39 is 0 Å². The van der Waals surface area contributed by atoms with Gasteiger partial charge in [0.1, 0.15) is 5.75 Å². The van der Waals surface area contributed by atoms with E-state index in [1.807, 2.05) is 12.1 Å². The highest BCUT2D eigenvalue weighted by atomic mass is 35.5. The second-order valence-corrected chi connectivity index (χ2v) is 6.76. The van der Waals surface area contributed by atoms with E-state index in [-0.39, 0.29) is 6.04 Å². The van der Waals surface area contributed by atoms with Gasteiger partial charge in [-0.2, -0.15) is 0 Å². The molecule has 1 unspecified atom stereocenters. The van der Waals surface area contributed by atoms with E-state index in [0.717, 1.165) is 42.2 Å². The molecule has 0 radical (unpaired) electrons. The molecule has 2 nitrogen and oxygen atoms in total. The summed E-state index contributed by atoms with van der Waals surface area (Å²) >= 11 is 7.99. The minimum Gasteiger partial charge on any atom is -0.493 e. The average molecular weight is 308 g/mol. The fourth-order valence-electron chi connectivity index (χ4n) is 2.62. The van der Waals surface area contributed by atoms with Crippen LogP contribution in [0.25, 0.3) is 0 Å². The summed E-state index contributed by atoms with van der Waals surface area (Å²) in [5.41, 5.74) is 8.69. The number of hydrogen-bond donors (Lipinski definition) is 1. The molecule has 1 aliphatic rings. The van der Waals surface area contributed by atoms with E-state index in [4.69, 9.17) is 22.1 Å². The number of ether oxygens (including phenoxy) is 1. The first-order valence-electron chi connectivity index (χ1n) is 6.95. The lowest BCUT2D eigenvalue weighted by Gasteiger charge is -2.13. The second kappa shape index (κ2) is 5.76. The smallest absolute Gasteiger partial charge is 0.125 e. The maximum Gasteiger partial charge on any atom is 0.125 e. The molecule has 1 aromatic heterocycles. The van der Waals surface area contributed by atoms with Crippen LogP contribution in [0.4, 0.5) is 0 Å². The molecule has 0 fully saturated rings. The third kappa shape index (κ3) is 2.71. The van der Waals surface area contributed by atoms with Crippen LogP contribution in [0.15, 0.2) is 24.3 Å². The van der Waals surface area contributed by atoms with Crippen molar-refractivity contribution in [3.8, 4) is 5.75 Å². The normalized spacial score (nSPS) is 14.9. The van der Waals surface area contributed by atoms with Gasteiger partial charge < -0.3 is 10.5 Å². The Balaban J connectivity index is 1.84. The lowest BCUT2D eigenvalue weighted by molar-refractivity contribution is 0.352. The number of thiophene rings is 1. The van der Waals surface area contributed by atoms with Crippen molar-refractivity contribution in [2.24, 2.45) is 5.73 Å². The topological polar surface area (TPSA) is 35.2 Å². The predicted octanol–water partition coefficient (Wildman–Crippen LogP) is 4.14. The van der Waals surface area contributed by atoms with E-state index in [1.54, 1.807) is 11.3 Å². The lowest BCUT2D eigenvalue weighted by Crippen LogP contribution is -2.12. The van der Waals surface area contributed by atoms with Crippen LogP contribution >= 0.6 is 22.9 Å². The Hall–Kier alpha value is -1.03. The SMILES string of the molecule is CCc1ccc(C(N)Cc2cc(Cl)cc3c2OCC3)s1. The Morgan fingerprint density at radius 2 is 2.25 bits per heavy atom. The molecule has 1 aromatic carbocycles. The van der Waals surface area contributed by atoms with Gasteiger partial charge in [-0.3, -0.25) is 0 Å². The molecular weight excluding hydrogens is 290 g/mol. The zero-order chi connectivity index (χ0) is 14.1. The van der Waals surface area contributed by atoms with Gasteiger partial charge in [0.15, 0.2) is 0 Å². The van der Waals surface area contributed by atoms with Gasteiger partial charge in [0.05, 0.1) is 6.61 Å². The summed E-state index contributed by atoms with van der Waals surface area (Å²) < 4.78 is 5.74. The van der Waals surface area contributed by atoms with E-state index in [1.165, 1.54) is 15.3 Å². The molecule has 1 atom stereocenters. The number of hydrogen-bond acceptors (Lipinski definition) is 3. The fraction of sp³-hybridized carbons (Fsp3) is 0.375. The summed E-state index contributed by atoms with van der Waals surface area (Å²) in [6.45, 7) is 2.91. The quantitative estimate of drug-likeness (QED) is 0.921. The van der Waals surface area contributed by atoms with Crippen LogP contribution in [0.5, 0.6) is 5.75 Å². The molecule has 106 valence electrons. The highest BCUT2D eigenvalue weighted by Gasteiger charge is 2.20. The summed E-state index contributed by atoms with van der Waals surface area (Å²) in [6.07, 6.45) is 2.77. The summed E-state index contributed by atoms with van der Waals surface area (Å²) in [6, 6.07) is 8.30. The van der Waals surface area contributed by atoms with Crippen molar-refractivity contribution < 1.29 is 4.74 Å². The van der Waals surface area contributed by atoms with Crippen molar-refractivity contribution in [2.75, 3.05) is 6.61 Å². The maximum absolute atomic E-state index is 6.35. The Kier molecular flexibility index (Phi) is 4.01. The first-order valence-corrected chi connectivity index (χ1v) is 8.15. The van der Waals surface area contributed by atoms with Crippen LogP contribution in [0.2, 0.25) is 5.02 Å². The van der Waals surface area contributed by atoms with Crippen LogP contribution in [0.1, 0.15) is 33.8 Å². The minimum absolute atomic E-state index is 0.00654. The first kappa shape index (κ1) is 13.9. The molecule has 2 heterocycles.